The first-order valence-electron chi connectivity index (χ1n) is 7.89. The summed E-state index contributed by atoms with van der Waals surface area (Å²) in [6.07, 6.45) is 7.57. The van der Waals surface area contributed by atoms with Crippen LogP contribution in [0.25, 0.3) is 0 Å². The van der Waals surface area contributed by atoms with Crippen LogP contribution in [0.4, 0.5) is 0 Å². The first kappa shape index (κ1) is 12.2. The van der Waals surface area contributed by atoms with Gasteiger partial charge in [-0.05, 0) is 49.1 Å². The van der Waals surface area contributed by atoms with E-state index in [4.69, 9.17) is 11.6 Å². The van der Waals surface area contributed by atoms with Crippen molar-refractivity contribution < 1.29 is 5.32 Å². The predicted molar refractivity (Wildman–Crippen MR) is 77.9 cm³/mol. The highest BCUT2D eigenvalue weighted by Gasteiger charge is 2.55. The smallest absolute Gasteiger partial charge is 0.101 e. The minimum Gasteiger partial charge on any atom is -0.340 e. The molecule has 1 aromatic carbocycles. The summed E-state index contributed by atoms with van der Waals surface area (Å²) >= 11 is 6.06. The van der Waals surface area contributed by atoms with E-state index in [-0.39, 0.29) is 0 Å². The van der Waals surface area contributed by atoms with Gasteiger partial charge in [-0.3, -0.25) is 0 Å². The van der Waals surface area contributed by atoms with Crippen LogP contribution in [0.3, 0.4) is 0 Å². The standard InChI is InChI=1S/C17H22ClN/c18-13-4-1-3-11(7-13)10-19-17-9-12-8-16(17)15-6-2-5-14(12)15/h1,3-4,7,12,14-17,19H,2,5-6,8-10H2/p+1/t12-,14-,15+,16+,17-/m1/s1. The molecule has 1 aromatic rings. The van der Waals surface area contributed by atoms with Gasteiger partial charge >= 0.3 is 0 Å². The first-order valence-corrected chi connectivity index (χ1v) is 8.27. The van der Waals surface area contributed by atoms with Crippen LogP contribution in [-0.2, 0) is 6.54 Å². The van der Waals surface area contributed by atoms with Gasteiger partial charge in [-0.15, -0.1) is 0 Å². The Kier molecular flexibility index (Phi) is 3.08. The van der Waals surface area contributed by atoms with Crippen LogP contribution in [0.15, 0.2) is 24.3 Å². The van der Waals surface area contributed by atoms with Gasteiger partial charge in [0.05, 0.1) is 6.04 Å². The van der Waals surface area contributed by atoms with Crippen LogP contribution < -0.4 is 5.32 Å². The van der Waals surface area contributed by atoms with Crippen molar-refractivity contribution in [2.45, 2.75) is 44.7 Å². The zero-order valence-corrected chi connectivity index (χ0v) is 12.2. The molecular weight excluding hydrogens is 254 g/mol. The number of rotatable bonds is 3. The molecule has 2 N–H and O–H groups in total. The number of benzene rings is 1. The monoisotopic (exact) mass is 276 g/mol. The van der Waals surface area contributed by atoms with E-state index in [1.807, 2.05) is 6.07 Å². The van der Waals surface area contributed by atoms with Gasteiger partial charge in [-0.2, -0.15) is 0 Å². The minimum absolute atomic E-state index is 0.870. The molecule has 0 radical (unpaired) electrons. The summed E-state index contributed by atoms with van der Waals surface area (Å²) in [5, 5.41) is 3.47. The summed E-state index contributed by atoms with van der Waals surface area (Å²) in [5.41, 5.74) is 1.37. The van der Waals surface area contributed by atoms with Crippen molar-refractivity contribution in [3.63, 3.8) is 0 Å². The van der Waals surface area contributed by atoms with E-state index in [0.29, 0.717) is 0 Å². The number of hydrogen-bond acceptors (Lipinski definition) is 0. The Labute approximate surface area is 120 Å². The Bertz CT molecular complexity index is 472. The Morgan fingerprint density at radius 3 is 2.89 bits per heavy atom. The van der Waals surface area contributed by atoms with E-state index in [1.54, 1.807) is 0 Å². The van der Waals surface area contributed by atoms with Crippen molar-refractivity contribution in [3.8, 4) is 0 Å². The molecule has 0 saturated heterocycles. The predicted octanol–water partition coefficient (Wildman–Crippen LogP) is 3.23. The highest BCUT2D eigenvalue weighted by molar-refractivity contribution is 6.30. The molecule has 0 amide bonds. The Hall–Kier alpha value is -0.530. The fourth-order valence-electron chi connectivity index (χ4n) is 5.34. The van der Waals surface area contributed by atoms with Crippen molar-refractivity contribution >= 4 is 11.6 Å². The van der Waals surface area contributed by atoms with Gasteiger partial charge in [0.1, 0.15) is 6.54 Å². The molecule has 4 rings (SSSR count). The maximum Gasteiger partial charge on any atom is 0.101 e. The van der Waals surface area contributed by atoms with Crippen LogP contribution in [0.5, 0.6) is 0 Å². The summed E-state index contributed by atoms with van der Waals surface area (Å²) < 4.78 is 0. The Balaban J connectivity index is 1.40. The molecule has 0 heterocycles. The van der Waals surface area contributed by atoms with Crippen LogP contribution >= 0.6 is 11.6 Å². The zero-order chi connectivity index (χ0) is 12.8. The molecule has 5 atom stereocenters. The number of hydrogen-bond donors (Lipinski definition) is 1. The third-order valence-corrected chi connectivity index (χ3v) is 6.26. The first-order chi connectivity index (χ1) is 9.31. The fraction of sp³-hybridized carbons (Fsp3) is 0.647. The zero-order valence-electron chi connectivity index (χ0n) is 11.4. The van der Waals surface area contributed by atoms with Gasteiger partial charge < -0.3 is 5.32 Å². The van der Waals surface area contributed by atoms with Crippen molar-refractivity contribution in [3.05, 3.63) is 34.9 Å². The van der Waals surface area contributed by atoms with Gasteiger partial charge in [0, 0.05) is 22.9 Å². The molecule has 0 aromatic heterocycles. The van der Waals surface area contributed by atoms with Crippen molar-refractivity contribution in [1.82, 2.24) is 0 Å². The average molecular weight is 277 g/mol. The highest BCUT2D eigenvalue weighted by Crippen LogP contribution is 2.57. The van der Waals surface area contributed by atoms with Crippen LogP contribution in [-0.4, -0.2) is 6.04 Å². The summed E-state index contributed by atoms with van der Waals surface area (Å²) in [6.45, 7) is 1.10. The molecule has 3 fully saturated rings. The average Bonchev–Trinajstić information content (AvgIpc) is 3.08. The molecule has 1 nitrogen and oxygen atoms in total. The number of fused-ring (bicyclic) bond motifs is 5. The van der Waals surface area contributed by atoms with Crippen molar-refractivity contribution in [1.29, 1.82) is 0 Å². The van der Waals surface area contributed by atoms with Gasteiger partial charge in [0.25, 0.3) is 0 Å². The molecule has 0 aliphatic heterocycles. The normalized spacial score (nSPS) is 39.7. The van der Waals surface area contributed by atoms with Crippen LogP contribution in [0.1, 0.15) is 37.7 Å². The van der Waals surface area contributed by atoms with Gasteiger partial charge in [-0.1, -0.05) is 30.2 Å². The fourth-order valence-corrected chi connectivity index (χ4v) is 5.56. The lowest BCUT2D eigenvalue weighted by atomic mass is 9.79. The molecule has 0 spiro atoms. The van der Waals surface area contributed by atoms with E-state index < -0.39 is 0 Å². The number of quaternary nitrogens is 1. The maximum atomic E-state index is 6.06. The number of nitrogens with two attached hydrogens (primary N) is 1. The molecule has 3 saturated carbocycles. The van der Waals surface area contributed by atoms with Gasteiger partial charge in [0.2, 0.25) is 0 Å². The maximum absolute atomic E-state index is 6.06. The molecular formula is C17H23ClN+. The van der Waals surface area contributed by atoms with Gasteiger partial charge in [0.15, 0.2) is 0 Å². The van der Waals surface area contributed by atoms with Crippen molar-refractivity contribution in [2.24, 2.45) is 23.7 Å². The molecule has 19 heavy (non-hydrogen) atoms. The molecule has 2 heteroatoms. The summed E-state index contributed by atoms with van der Waals surface area (Å²) in [6, 6.07) is 9.24. The topological polar surface area (TPSA) is 16.6 Å². The van der Waals surface area contributed by atoms with E-state index in [2.05, 4.69) is 23.5 Å². The lowest BCUT2D eigenvalue weighted by Gasteiger charge is -2.30. The minimum atomic E-state index is 0.870. The third kappa shape index (κ3) is 2.11. The lowest BCUT2D eigenvalue weighted by molar-refractivity contribution is -0.711. The van der Waals surface area contributed by atoms with Gasteiger partial charge in [-0.25, -0.2) is 0 Å². The Morgan fingerprint density at radius 2 is 2.00 bits per heavy atom. The molecule has 3 aliphatic rings. The highest BCUT2D eigenvalue weighted by atomic mass is 35.5. The molecule has 102 valence electrons. The lowest BCUT2D eigenvalue weighted by Crippen LogP contribution is -2.90. The second kappa shape index (κ2) is 4.79. The second-order valence-corrected chi connectivity index (χ2v) is 7.32. The van der Waals surface area contributed by atoms with Crippen LogP contribution in [0, 0.1) is 23.7 Å². The third-order valence-electron chi connectivity index (χ3n) is 6.03. The van der Waals surface area contributed by atoms with E-state index >= 15 is 0 Å². The summed E-state index contributed by atoms with van der Waals surface area (Å²) in [4.78, 5) is 0. The van der Waals surface area contributed by atoms with E-state index in [9.17, 15) is 0 Å². The summed E-state index contributed by atoms with van der Waals surface area (Å²) in [5.74, 6) is 4.29. The van der Waals surface area contributed by atoms with E-state index in [1.165, 1.54) is 37.7 Å². The molecule has 3 aliphatic carbocycles. The van der Waals surface area contributed by atoms with Crippen LogP contribution in [0.2, 0.25) is 5.02 Å². The summed E-state index contributed by atoms with van der Waals surface area (Å²) in [7, 11) is 0. The molecule has 0 unspecified atom stereocenters. The molecule has 2 bridgehead atoms. The number of halogens is 1. The SMILES string of the molecule is Clc1cccc(C[NH2+][C@@H]2C[C@H]3C[C@H]2[C@H]2CCC[C@H]32)c1. The Morgan fingerprint density at radius 1 is 1.11 bits per heavy atom. The van der Waals surface area contributed by atoms with Crippen molar-refractivity contribution in [2.75, 3.05) is 0 Å². The largest absolute Gasteiger partial charge is 0.340 e. The van der Waals surface area contributed by atoms with E-state index in [0.717, 1.165) is 41.3 Å². The quantitative estimate of drug-likeness (QED) is 0.873. The second-order valence-electron chi connectivity index (χ2n) is 6.89.